The highest BCUT2D eigenvalue weighted by molar-refractivity contribution is 5.81. The van der Waals surface area contributed by atoms with Crippen molar-refractivity contribution in [2.45, 2.75) is 45.1 Å². The Kier molecular flexibility index (Phi) is 7.03. The van der Waals surface area contributed by atoms with Gasteiger partial charge in [-0.05, 0) is 73.4 Å². The number of halogens is 1. The molecule has 4 rings (SSSR count). The number of nitrogens with zero attached hydrogens (tertiary/aromatic N) is 2. The summed E-state index contributed by atoms with van der Waals surface area (Å²) >= 11 is 0. The van der Waals surface area contributed by atoms with Gasteiger partial charge in [0.15, 0.2) is 0 Å². The zero-order valence-corrected chi connectivity index (χ0v) is 18.2. The van der Waals surface area contributed by atoms with Gasteiger partial charge in [0.2, 0.25) is 0 Å². The maximum absolute atomic E-state index is 13.1. The molecule has 1 fully saturated rings. The normalized spacial score (nSPS) is 15.4. The molecule has 0 amide bonds. The summed E-state index contributed by atoms with van der Waals surface area (Å²) in [4.78, 5) is 14.2. The second kappa shape index (κ2) is 10.1. The highest BCUT2D eigenvalue weighted by Gasteiger charge is 2.21. The standard InChI is InChI=1S/C26H31FN2O2/c1-2-31-26(30)10-6-21-3-7-22-12-18-29(25(22)19-21)24-13-16-28(17-14-24)15-11-20-4-8-23(27)9-5-20/h3-5,7-9,12,18-19,24H,2,6,10-11,13-17H2,1H3. The third-order valence-corrected chi connectivity index (χ3v) is 6.29. The number of piperidine rings is 1. The average molecular weight is 423 g/mol. The molecule has 0 spiro atoms. The molecule has 0 atom stereocenters. The Balaban J connectivity index is 1.34. The number of ether oxygens (including phenoxy) is 1. The van der Waals surface area contributed by atoms with Gasteiger partial charge < -0.3 is 14.2 Å². The minimum absolute atomic E-state index is 0.133. The first kappa shape index (κ1) is 21.6. The maximum Gasteiger partial charge on any atom is 0.306 e. The van der Waals surface area contributed by atoms with E-state index in [4.69, 9.17) is 4.74 Å². The number of carbonyl (C=O) groups is 1. The Bertz CT molecular complexity index is 1000. The summed E-state index contributed by atoms with van der Waals surface area (Å²) in [7, 11) is 0. The zero-order valence-electron chi connectivity index (χ0n) is 18.2. The highest BCUT2D eigenvalue weighted by Crippen LogP contribution is 2.29. The molecular formula is C26H31FN2O2. The fraction of sp³-hybridized carbons (Fsp3) is 0.423. The van der Waals surface area contributed by atoms with Crippen LogP contribution in [0.15, 0.2) is 54.7 Å². The van der Waals surface area contributed by atoms with E-state index in [-0.39, 0.29) is 11.8 Å². The summed E-state index contributed by atoms with van der Waals surface area (Å²) in [5.41, 5.74) is 3.62. The van der Waals surface area contributed by atoms with E-state index in [1.54, 1.807) is 12.1 Å². The molecule has 31 heavy (non-hydrogen) atoms. The van der Waals surface area contributed by atoms with Crippen LogP contribution in [0.4, 0.5) is 4.39 Å². The van der Waals surface area contributed by atoms with Gasteiger partial charge >= 0.3 is 5.97 Å². The van der Waals surface area contributed by atoms with Crippen molar-refractivity contribution in [3.63, 3.8) is 0 Å². The first-order valence-electron chi connectivity index (χ1n) is 11.3. The van der Waals surface area contributed by atoms with Crippen molar-refractivity contribution in [1.29, 1.82) is 0 Å². The van der Waals surface area contributed by atoms with Crippen LogP contribution in [-0.2, 0) is 22.4 Å². The van der Waals surface area contributed by atoms with Gasteiger partial charge in [-0.15, -0.1) is 0 Å². The predicted octanol–water partition coefficient (Wildman–Crippen LogP) is 5.16. The summed E-state index contributed by atoms with van der Waals surface area (Å²) in [5.74, 6) is -0.307. The summed E-state index contributed by atoms with van der Waals surface area (Å²) < 4.78 is 20.5. The fourth-order valence-electron chi connectivity index (χ4n) is 4.51. The van der Waals surface area contributed by atoms with E-state index >= 15 is 0 Å². The molecule has 0 unspecified atom stereocenters. The fourth-order valence-corrected chi connectivity index (χ4v) is 4.51. The van der Waals surface area contributed by atoms with Crippen molar-refractivity contribution in [3.8, 4) is 0 Å². The summed E-state index contributed by atoms with van der Waals surface area (Å²) in [6.07, 6.45) is 6.55. The number of carbonyl (C=O) groups excluding carboxylic acids is 1. The Hall–Kier alpha value is -2.66. The highest BCUT2D eigenvalue weighted by atomic mass is 19.1. The molecule has 0 N–H and O–H groups in total. The maximum atomic E-state index is 13.1. The number of esters is 1. The van der Waals surface area contributed by atoms with Crippen molar-refractivity contribution in [2.24, 2.45) is 0 Å². The third kappa shape index (κ3) is 5.53. The molecule has 0 bridgehead atoms. The van der Waals surface area contributed by atoms with E-state index in [2.05, 4.69) is 39.9 Å². The Morgan fingerprint density at radius 3 is 2.52 bits per heavy atom. The molecule has 164 valence electrons. The molecular weight excluding hydrogens is 391 g/mol. The minimum atomic E-state index is -0.174. The van der Waals surface area contributed by atoms with Crippen LogP contribution in [0.5, 0.6) is 0 Å². The van der Waals surface area contributed by atoms with E-state index in [9.17, 15) is 9.18 Å². The van der Waals surface area contributed by atoms with Crippen LogP contribution < -0.4 is 0 Å². The number of aromatic nitrogens is 1. The smallest absolute Gasteiger partial charge is 0.306 e. The molecule has 2 aromatic carbocycles. The van der Waals surface area contributed by atoms with Crippen LogP contribution in [0.1, 0.15) is 43.4 Å². The van der Waals surface area contributed by atoms with Crippen LogP contribution in [0.2, 0.25) is 0 Å². The van der Waals surface area contributed by atoms with Gasteiger partial charge in [-0.25, -0.2) is 4.39 Å². The first-order chi connectivity index (χ1) is 15.1. The Morgan fingerprint density at radius 1 is 1.03 bits per heavy atom. The molecule has 5 heteroatoms. The second-order valence-corrected chi connectivity index (χ2v) is 8.37. The number of fused-ring (bicyclic) bond motifs is 1. The van der Waals surface area contributed by atoms with Gasteiger partial charge in [-0.3, -0.25) is 4.79 Å². The van der Waals surface area contributed by atoms with Gasteiger partial charge in [0.25, 0.3) is 0 Å². The molecule has 0 saturated carbocycles. The second-order valence-electron chi connectivity index (χ2n) is 8.37. The number of likely N-dealkylation sites (tertiary alicyclic amines) is 1. The molecule has 0 aliphatic carbocycles. The molecule has 1 aromatic heterocycles. The number of hydrogen-bond donors (Lipinski definition) is 0. The van der Waals surface area contributed by atoms with Gasteiger partial charge in [0.1, 0.15) is 5.82 Å². The van der Waals surface area contributed by atoms with Crippen LogP contribution in [-0.4, -0.2) is 41.7 Å². The van der Waals surface area contributed by atoms with Gasteiger partial charge in [0.05, 0.1) is 6.61 Å². The Labute approximate surface area is 183 Å². The zero-order chi connectivity index (χ0) is 21.6. The number of benzene rings is 2. The molecule has 1 aliphatic rings. The van der Waals surface area contributed by atoms with Crippen LogP contribution in [0.25, 0.3) is 10.9 Å². The molecule has 3 aromatic rings. The lowest BCUT2D eigenvalue weighted by molar-refractivity contribution is -0.143. The number of rotatable bonds is 8. The van der Waals surface area contributed by atoms with Gasteiger partial charge in [-0.2, -0.15) is 0 Å². The SMILES string of the molecule is CCOC(=O)CCc1ccc2ccn(C3CCN(CCc4ccc(F)cc4)CC3)c2c1. The molecule has 4 nitrogen and oxygen atoms in total. The predicted molar refractivity (Wildman–Crippen MR) is 122 cm³/mol. The quantitative estimate of drug-likeness (QED) is 0.471. The van der Waals surface area contributed by atoms with Crippen molar-refractivity contribution >= 4 is 16.9 Å². The number of aryl methyl sites for hydroxylation is 1. The lowest BCUT2D eigenvalue weighted by atomic mass is 10.0. The van der Waals surface area contributed by atoms with Crippen molar-refractivity contribution in [1.82, 2.24) is 9.47 Å². The van der Waals surface area contributed by atoms with E-state index in [1.807, 2.05) is 19.1 Å². The van der Waals surface area contributed by atoms with Crippen molar-refractivity contribution in [2.75, 3.05) is 26.2 Å². The lowest BCUT2D eigenvalue weighted by Crippen LogP contribution is -2.35. The third-order valence-electron chi connectivity index (χ3n) is 6.29. The average Bonchev–Trinajstić information content (AvgIpc) is 3.21. The van der Waals surface area contributed by atoms with E-state index in [0.29, 0.717) is 25.5 Å². The topological polar surface area (TPSA) is 34.5 Å². The summed E-state index contributed by atoms with van der Waals surface area (Å²) in [6, 6.07) is 16.0. The first-order valence-corrected chi connectivity index (χ1v) is 11.3. The molecule has 1 saturated heterocycles. The monoisotopic (exact) mass is 422 g/mol. The summed E-state index contributed by atoms with van der Waals surface area (Å²) in [5, 5.41) is 1.25. The summed E-state index contributed by atoms with van der Waals surface area (Å²) in [6.45, 7) is 5.44. The number of hydrogen-bond acceptors (Lipinski definition) is 3. The van der Waals surface area contributed by atoms with E-state index in [1.165, 1.54) is 22.0 Å². The van der Waals surface area contributed by atoms with Gasteiger partial charge in [0, 0.05) is 43.8 Å². The molecule has 0 radical (unpaired) electrons. The van der Waals surface area contributed by atoms with Crippen molar-refractivity contribution in [3.05, 3.63) is 71.7 Å². The van der Waals surface area contributed by atoms with Crippen molar-refractivity contribution < 1.29 is 13.9 Å². The minimum Gasteiger partial charge on any atom is -0.466 e. The van der Waals surface area contributed by atoms with Crippen LogP contribution >= 0.6 is 0 Å². The lowest BCUT2D eigenvalue weighted by Gasteiger charge is -2.33. The largest absolute Gasteiger partial charge is 0.466 e. The van der Waals surface area contributed by atoms with Crippen LogP contribution in [0.3, 0.4) is 0 Å². The Morgan fingerprint density at radius 2 is 1.77 bits per heavy atom. The van der Waals surface area contributed by atoms with E-state index < -0.39 is 0 Å². The molecule has 2 heterocycles. The van der Waals surface area contributed by atoms with Gasteiger partial charge in [-0.1, -0.05) is 24.3 Å². The van der Waals surface area contributed by atoms with Crippen LogP contribution in [0, 0.1) is 5.82 Å². The molecule has 1 aliphatic heterocycles. The van der Waals surface area contributed by atoms with E-state index in [0.717, 1.165) is 38.9 Å².